The van der Waals surface area contributed by atoms with Crippen LogP contribution in [0.15, 0.2) is 211 Å². The smallest absolute Gasteiger partial charge is 0.143 e. The van der Waals surface area contributed by atoms with E-state index in [0.29, 0.717) is 0 Å². The van der Waals surface area contributed by atoms with Crippen molar-refractivity contribution in [2.75, 3.05) is 0 Å². The standard InChI is InChI=1S/C56H34O/c1-2-15-35(16-3-1)38-33-51(55-50-30-29-37-18-5-7-21-40(37)56(50)57-52(55)34-38)54-47-26-12-10-24-45(47)53(46-25-11-13-27-48(46)54)49-32-31-44(42-22-8-9-23-43(42)49)41-28-14-19-36-17-4-6-20-39(36)41/h1-34H. The van der Waals surface area contributed by atoms with Crippen LogP contribution >= 0.6 is 0 Å². The van der Waals surface area contributed by atoms with E-state index in [1.165, 1.54) is 81.9 Å². The summed E-state index contributed by atoms with van der Waals surface area (Å²) in [7, 11) is 0. The lowest BCUT2D eigenvalue weighted by molar-refractivity contribution is 0.673. The van der Waals surface area contributed by atoms with Gasteiger partial charge in [-0.2, -0.15) is 0 Å². The largest absolute Gasteiger partial charge is 0.455 e. The minimum Gasteiger partial charge on any atom is -0.455 e. The zero-order valence-corrected chi connectivity index (χ0v) is 31.0. The molecule has 0 unspecified atom stereocenters. The van der Waals surface area contributed by atoms with Gasteiger partial charge in [0.25, 0.3) is 0 Å². The summed E-state index contributed by atoms with van der Waals surface area (Å²) in [4.78, 5) is 0. The fourth-order valence-corrected chi connectivity index (χ4v) is 9.55. The van der Waals surface area contributed by atoms with Gasteiger partial charge in [0.1, 0.15) is 11.2 Å². The van der Waals surface area contributed by atoms with Crippen molar-refractivity contribution in [3.63, 3.8) is 0 Å². The highest BCUT2D eigenvalue weighted by Gasteiger charge is 2.23. The third-order valence-electron chi connectivity index (χ3n) is 12.0. The van der Waals surface area contributed by atoms with Crippen LogP contribution in [0.25, 0.3) is 120 Å². The lowest BCUT2D eigenvalue weighted by atomic mass is 9.82. The Morgan fingerprint density at radius 1 is 0.263 bits per heavy atom. The third kappa shape index (κ3) is 4.83. The van der Waals surface area contributed by atoms with E-state index < -0.39 is 0 Å². The van der Waals surface area contributed by atoms with Gasteiger partial charge in [-0.15, -0.1) is 0 Å². The van der Waals surface area contributed by atoms with E-state index in [1.54, 1.807) is 0 Å². The normalized spacial score (nSPS) is 11.9. The molecule has 0 spiro atoms. The van der Waals surface area contributed by atoms with Gasteiger partial charge in [0.2, 0.25) is 0 Å². The van der Waals surface area contributed by atoms with Crippen LogP contribution in [0.2, 0.25) is 0 Å². The van der Waals surface area contributed by atoms with Crippen LogP contribution in [0.3, 0.4) is 0 Å². The van der Waals surface area contributed by atoms with Gasteiger partial charge in [-0.25, -0.2) is 0 Å². The zero-order valence-electron chi connectivity index (χ0n) is 31.0. The maximum Gasteiger partial charge on any atom is 0.143 e. The van der Waals surface area contributed by atoms with Crippen LogP contribution in [-0.4, -0.2) is 0 Å². The highest BCUT2D eigenvalue weighted by Crippen LogP contribution is 2.50. The molecule has 1 heterocycles. The van der Waals surface area contributed by atoms with Gasteiger partial charge in [-0.05, 0) is 111 Å². The molecule has 0 atom stereocenters. The van der Waals surface area contributed by atoms with Crippen molar-refractivity contribution in [3.05, 3.63) is 206 Å². The quantitative estimate of drug-likeness (QED) is 0.165. The molecule has 0 aliphatic carbocycles. The fraction of sp³-hybridized carbons (Fsp3) is 0. The minimum atomic E-state index is 0.893. The Morgan fingerprint density at radius 2 is 0.754 bits per heavy atom. The third-order valence-corrected chi connectivity index (χ3v) is 12.0. The molecule has 264 valence electrons. The average molecular weight is 723 g/mol. The first-order valence-corrected chi connectivity index (χ1v) is 19.7. The summed E-state index contributed by atoms with van der Waals surface area (Å²) >= 11 is 0. The molecule has 1 nitrogen and oxygen atoms in total. The van der Waals surface area contributed by atoms with Crippen LogP contribution in [0.5, 0.6) is 0 Å². The van der Waals surface area contributed by atoms with Crippen molar-refractivity contribution in [2.24, 2.45) is 0 Å². The van der Waals surface area contributed by atoms with E-state index in [9.17, 15) is 0 Å². The molecule has 0 amide bonds. The molecule has 11 aromatic carbocycles. The molecule has 12 rings (SSSR count). The average Bonchev–Trinajstić information content (AvgIpc) is 3.67. The van der Waals surface area contributed by atoms with Gasteiger partial charge in [-0.3, -0.25) is 0 Å². The summed E-state index contributed by atoms with van der Waals surface area (Å²) < 4.78 is 6.93. The van der Waals surface area contributed by atoms with Crippen molar-refractivity contribution in [1.29, 1.82) is 0 Å². The Labute approximate surface area is 329 Å². The fourth-order valence-electron chi connectivity index (χ4n) is 9.55. The summed E-state index contributed by atoms with van der Waals surface area (Å²) in [5, 5.41) is 14.5. The van der Waals surface area contributed by atoms with Gasteiger partial charge in [-0.1, -0.05) is 188 Å². The van der Waals surface area contributed by atoms with Crippen molar-refractivity contribution in [1.82, 2.24) is 0 Å². The molecule has 0 fully saturated rings. The molecule has 0 saturated carbocycles. The minimum absolute atomic E-state index is 0.893. The second-order valence-corrected chi connectivity index (χ2v) is 15.1. The second kappa shape index (κ2) is 12.5. The maximum atomic E-state index is 6.93. The van der Waals surface area contributed by atoms with E-state index >= 15 is 0 Å². The first-order chi connectivity index (χ1) is 28.3. The molecule has 1 heteroatoms. The number of hydrogen-bond acceptors (Lipinski definition) is 1. The Bertz CT molecular complexity index is 3510. The summed E-state index contributed by atoms with van der Waals surface area (Å²) in [6, 6.07) is 75.3. The van der Waals surface area contributed by atoms with Crippen molar-refractivity contribution < 1.29 is 4.42 Å². The summed E-state index contributed by atoms with van der Waals surface area (Å²) in [6.45, 7) is 0. The molecular formula is C56H34O. The Hall–Kier alpha value is -7.48. The van der Waals surface area contributed by atoms with E-state index in [2.05, 4.69) is 206 Å². The molecule has 12 aromatic rings. The van der Waals surface area contributed by atoms with Crippen LogP contribution in [0.4, 0.5) is 0 Å². The molecule has 0 radical (unpaired) electrons. The molecule has 0 bridgehead atoms. The number of furan rings is 1. The second-order valence-electron chi connectivity index (χ2n) is 15.1. The molecule has 0 saturated heterocycles. The topological polar surface area (TPSA) is 13.1 Å². The summed E-state index contributed by atoms with van der Waals surface area (Å²) in [5.41, 5.74) is 11.5. The van der Waals surface area contributed by atoms with E-state index in [0.717, 1.165) is 38.5 Å². The van der Waals surface area contributed by atoms with Crippen molar-refractivity contribution >= 4 is 75.8 Å². The van der Waals surface area contributed by atoms with Crippen LogP contribution in [0, 0.1) is 0 Å². The van der Waals surface area contributed by atoms with Crippen molar-refractivity contribution in [2.45, 2.75) is 0 Å². The first-order valence-electron chi connectivity index (χ1n) is 19.7. The Balaban J connectivity index is 1.19. The van der Waals surface area contributed by atoms with Gasteiger partial charge in [0.05, 0.1) is 0 Å². The SMILES string of the molecule is c1ccc(-c2cc(-c3c4ccccc4c(-c4ccc(-c5cccc6ccccc56)c5ccccc45)c4ccccc34)c3c(c2)oc2c4ccccc4ccc23)cc1. The van der Waals surface area contributed by atoms with E-state index in [4.69, 9.17) is 4.42 Å². The molecule has 0 aliphatic rings. The zero-order chi connectivity index (χ0) is 37.5. The maximum absolute atomic E-state index is 6.93. The molecule has 0 N–H and O–H groups in total. The first kappa shape index (κ1) is 31.8. The van der Waals surface area contributed by atoms with Crippen molar-refractivity contribution in [3.8, 4) is 44.5 Å². The number of rotatable bonds is 4. The number of benzene rings is 11. The highest BCUT2D eigenvalue weighted by molar-refractivity contribution is 6.29. The Morgan fingerprint density at radius 3 is 1.44 bits per heavy atom. The highest BCUT2D eigenvalue weighted by atomic mass is 16.3. The molecular weight excluding hydrogens is 689 g/mol. The van der Waals surface area contributed by atoms with Crippen LogP contribution in [-0.2, 0) is 0 Å². The van der Waals surface area contributed by atoms with E-state index in [-0.39, 0.29) is 0 Å². The van der Waals surface area contributed by atoms with Gasteiger partial charge >= 0.3 is 0 Å². The van der Waals surface area contributed by atoms with Gasteiger partial charge in [0, 0.05) is 16.2 Å². The molecule has 57 heavy (non-hydrogen) atoms. The Kier molecular flexibility index (Phi) is 7.00. The number of hydrogen-bond donors (Lipinski definition) is 0. The van der Waals surface area contributed by atoms with Gasteiger partial charge < -0.3 is 4.42 Å². The number of fused-ring (bicyclic) bond motifs is 9. The molecule has 1 aromatic heterocycles. The van der Waals surface area contributed by atoms with E-state index in [1.807, 2.05) is 0 Å². The van der Waals surface area contributed by atoms with Crippen LogP contribution in [0.1, 0.15) is 0 Å². The van der Waals surface area contributed by atoms with Gasteiger partial charge in [0.15, 0.2) is 0 Å². The molecule has 0 aliphatic heterocycles. The predicted molar refractivity (Wildman–Crippen MR) is 243 cm³/mol. The predicted octanol–water partition coefficient (Wildman–Crippen LogP) is 16.0. The summed E-state index contributed by atoms with van der Waals surface area (Å²) in [5.74, 6) is 0. The summed E-state index contributed by atoms with van der Waals surface area (Å²) in [6.07, 6.45) is 0. The monoisotopic (exact) mass is 722 g/mol. The lowest BCUT2D eigenvalue weighted by Crippen LogP contribution is -1.93. The van der Waals surface area contributed by atoms with Crippen LogP contribution < -0.4 is 0 Å². The lowest BCUT2D eigenvalue weighted by Gasteiger charge is -2.20.